The van der Waals surface area contributed by atoms with E-state index in [-0.39, 0.29) is 16.9 Å². The molecule has 0 aliphatic heterocycles. The van der Waals surface area contributed by atoms with Gasteiger partial charge in [-0.05, 0) is 47.9 Å². The van der Waals surface area contributed by atoms with Crippen molar-refractivity contribution >= 4 is 5.69 Å². The zero-order valence-electron chi connectivity index (χ0n) is 21.7. The molecule has 0 aliphatic carbocycles. The molecule has 1 aromatic heterocycles. The lowest BCUT2D eigenvalue weighted by Crippen LogP contribution is -2.24. The summed E-state index contributed by atoms with van der Waals surface area (Å²) in [6, 6.07) is 10.6. The lowest BCUT2D eigenvalue weighted by Gasteiger charge is -2.29. The Bertz CT molecular complexity index is 811. The van der Waals surface area contributed by atoms with Crippen LogP contribution >= 0.6 is 0 Å². The number of rotatable bonds is 6. The monoisotopic (exact) mass is 426 g/mol. The Balaban J connectivity index is 0.00000110. The highest BCUT2D eigenvalue weighted by atomic mass is 16.3. The summed E-state index contributed by atoms with van der Waals surface area (Å²) in [5.74, 6) is 0.367. The molecule has 1 atom stereocenters. The number of nitrogens with one attached hydrogen (secondary N) is 1. The molecule has 2 N–H and O–H groups in total. The number of aromatic hydroxyl groups is 1. The predicted octanol–water partition coefficient (Wildman–Crippen LogP) is 7.93. The van der Waals surface area contributed by atoms with Gasteiger partial charge in [0.05, 0.1) is 5.69 Å². The third-order valence-corrected chi connectivity index (χ3v) is 5.54. The fourth-order valence-corrected chi connectivity index (χ4v) is 3.23. The van der Waals surface area contributed by atoms with Gasteiger partial charge in [0.15, 0.2) is 0 Å². The smallest absolute Gasteiger partial charge is 0.142 e. The van der Waals surface area contributed by atoms with Crippen LogP contribution in [0.3, 0.4) is 0 Å². The molecular weight excluding hydrogens is 380 g/mol. The maximum absolute atomic E-state index is 11.0. The molecule has 0 radical (unpaired) electrons. The quantitative estimate of drug-likeness (QED) is 0.461. The summed E-state index contributed by atoms with van der Waals surface area (Å²) in [6.45, 7) is 21.6. The Morgan fingerprint density at radius 2 is 1.55 bits per heavy atom. The Morgan fingerprint density at radius 1 is 0.935 bits per heavy atom. The summed E-state index contributed by atoms with van der Waals surface area (Å²) in [5, 5.41) is 14.6. The summed E-state index contributed by atoms with van der Waals surface area (Å²) in [4.78, 5) is 4.64. The number of phenols is 1. The number of hydrogen-bond donors (Lipinski definition) is 2. The van der Waals surface area contributed by atoms with Crippen LogP contribution in [0.25, 0.3) is 0 Å². The van der Waals surface area contributed by atoms with Gasteiger partial charge in [-0.15, -0.1) is 0 Å². The van der Waals surface area contributed by atoms with Gasteiger partial charge in [-0.1, -0.05) is 87.3 Å². The number of aryl methyl sites for hydroxylation is 1. The second-order valence-corrected chi connectivity index (χ2v) is 10.6. The second-order valence-electron chi connectivity index (χ2n) is 10.6. The number of pyridine rings is 1. The Hall–Kier alpha value is -2.03. The lowest BCUT2D eigenvalue weighted by molar-refractivity contribution is 0.445. The van der Waals surface area contributed by atoms with Gasteiger partial charge in [-0.2, -0.15) is 0 Å². The molecular formula is C28H46N2O. The average Bonchev–Trinajstić information content (AvgIpc) is 2.67. The van der Waals surface area contributed by atoms with Crippen LogP contribution in [-0.2, 0) is 17.3 Å². The topological polar surface area (TPSA) is 45.2 Å². The van der Waals surface area contributed by atoms with Crippen molar-refractivity contribution in [2.24, 2.45) is 0 Å². The average molecular weight is 427 g/mol. The minimum Gasteiger partial charge on any atom is -0.505 e. The fraction of sp³-hybridized carbons (Fsp3) is 0.607. The van der Waals surface area contributed by atoms with Gasteiger partial charge in [-0.3, -0.25) is 4.98 Å². The number of phenolic OH excluding ortho intramolecular Hbond substituents is 1. The second kappa shape index (κ2) is 11.5. The molecule has 0 saturated heterocycles. The number of hydrogen-bond acceptors (Lipinski definition) is 3. The van der Waals surface area contributed by atoms with Gasteiger partial charge in [-0.25, -0.2) is 0 Å². The van der Waals surface area contributed by atoms with Crippen molar-refractivity contribution in [3.05, 3.63) is 52.8 Å². The van der Waals surface area contributed by atoms with Crippen LogP contribution in [0.5, 0.6) is 5.75 Å². The highest BCUT2D eigenvalue weighted by Gasteiger charge is 2.25. The number of benzene rings is 1. The van der Waals surface area contributed by atoms with E-state index in [9.17, 15) is 5.11 Å². The van der Waals surface area contributed by atoms with Crippen molar-refractivity contribution in [3.8, 4) is 5.75 Å². The zero-order chi connectivity index (χ0) is 23.8. The maximum Gasteiger partial charge on any atom is 0.142 e. The molecule has 2 rings (SSSR count). The maximum atomic E-state index is 11.0. The van der Waals surface area contributed by atoms with E-state index in [1.165, 1.54) is 18.4 Å². The summed E-state index contributed by atoms with van der Waals surface area (Å²) in [6.07, 6.45) is 4.43. The highest BCUT2D eigenvalue weighted by molar-refractivity contribution is 5.64. The van der Waals surface area contributed by atoms with Crippen molar-refractivity contribution in [3.63, 3.8) is 0 Å². The largest absolute Gasteiger partial charge is 0.505 e. The zero-order valence-corrected chi connectivity index (χ0v) is 21.7. The van der Waals surface area contributed by atoms with E-state index in [1.54, 1.807) is 0 Å². The van der Waals surface area contributed by atoms with Crippen molar-refractivity contribution < 1.29 is 5.11 Å². The van der Waals surface area contributed by atoms with E-state index in [4.69, 9.17) is 0 Å². The van der Waals surface area contributed by atoms with Gasteiger partial charge < -0.3 is 10.4 Å². The van der Waals surface area contributed by atoms with E-state index in [1.807, 2.05) is 13.0 Å². The Kier molecular flexibility index (Phi) is 10.1. The van der Waals surface area contributed by atoms with E-state index in [2.05, 4.69) is 96.9 Å². The van der Waals surface area contributed by atoms with Crippen LogP contribution in [0.15, 0.2) is 30.3 Å². The number of unbranched alkanes of at least 4 members (excludes halogenated alkanes) is 1. The molecule has 0 aliphatic rings. The van der Waals surface area contributed by atoms with Crippen LogP contribution in [0, 0.1) is 6.92 Å². The molecule has 1 aromatic carbocycles. The molecule has 1 unspecified atom stereocenters. The number of aromatic nitrogens is 1. The van der Waals surface area contributed by atoms with Crippen molar-refractivity contribution in [2.45, 2.75) is 112 Å². The SMILES string of the molecule is CCC(Cc1cccc(C)n1)Nc1cc(C(C)(C)C)cc(C(C)(C)C)c1O.CCCC. The fourth-order valence-electron chi connectivity index (χ4n) is 3.23. The van der Waals surface area contributed by atoms with Crippen LogP contribution < -0.4 is 5.32 Å². The van der Waals surface area contributed by atoms with E-state index < -0.39 is 0 Å². The number of nitrogens with zero attached hydrogens (tertiary/aromatic N) is 1. The molecule has 0 spiro atoms. The van der Waals surface area contributed by atoms with Crippen LogP contribution in [0.2, 0.25) is 0 Å². The van der Waals surface area contributed by atoms with E-state index >= 15 is 0 Å². The minimum atomic E-state index is -0.123. The molecule has 2 aromatic rings. The molecule has 0 amide bonds. The Labute approximate surface area is 191 Å². The normalized spacial score (nSPS) is 12.7. The highest BCUT2D eigenvalue weighted by Crippen LogP contribution is 2.40. The molecule has 3 heteroatoms. The van der Waals surface area contributed by atoms with Crippen LogP contribution in [-0.4, -0.2) is 16.1 Å². The standard InChI is InChI=1S/C24H36N2O.C4H10/c1-9-18(15-19-12-10-11-16(2)25-19)26-21-14-17(23(3,4)5)13-20(22(21)27)24(6,7)8;1-3-4-2/h10-14,18,26-27H,9,15H2,1-8H3;3-4H2,1-2H3. The first-order valence-corrected chi connectivity index (χ1v) is 11.9. The third kappa shape index (κ3) is 8.55. The van der Waals surface area contributed by atoms with Crippen molar-refractivity contribution in [2.75, 3.05) is 5.32 Å². The number of anilines is 1. The molecule has 3 nitrogen and oxygen atoms in total. The van der Waals surface area contributed by atoms with Crippen molar-refractivity contribution in [1.82, 2.24) is 4.98 Å². The molecule has 0 bridgehead atoms. The van der Waals surface area contributed by atoms with Crippen LogP contribution in [0.1, 0.15) is 104 Å². The first-order valence-electron chi connectivity index (χ1n) is 11.9. The molecule has 31 heavy (non-hydrogen) atoms. The van der Waals surface area contributed by atoms with Gasteiger partial charge in [0, 0.05) is 29.4 Å². The first-order chi connectivity index (χ1) is 14.3. The molecule has 0 fully saturated rings. The molecule has 1 heterocycles. The van der Waals surface area contributed by atoms with E-state index in [0.29, 0.717) is 5.75 Å². The van der Waals surface area contributed by atoms with Gasteiger partial charge in [0.1, 0.15) is 5.75 Å². The lowest BCUT2D eigenvalue weighted by atomic mass is 9.79. The molecule has 174 valence electrons. The van der Waals surface area contributed by atoms with Crippen molar-refractivity contribution in [1.29, 1.82) is 0 Å². The summed E-state index contributed by atoms with van der Waals surface area (Å²) < 4.78 is 0. The minimum absolute atomic E-state index is 0.0178. The van der Waals surface area contributed by atoms with Crippen LogP contribution in [0.4, 0.5) is 5.69 Å². The van der Waals surface area contributed by atoms with Gasteiger partial charge in [0.25, 0.3) is 0 Å². The molecule has 0 saturated carbocycles. The first kappa shape index (κ1) is 27.0. The van der Waals surface area contributed by atoms with Gasteiger partial charge >= 0.3 is 0 Å². The third-order valence-electron chi connectivity index (χ3n) is 5.54. The summed E-state index contributed by atoms with van der Waals surface area (Å²) in [5.41, 5.74) is 5.06. The summed E-state index contributed by atoms with van der Waals surface area (Å²) >= 11 is 0. The van der Waals surface area contributed by atoms with Gasteiger partial charge in [0.2, 0.25) is 0 Å². The summed E-state index contributed by atoms with van der Waals surface area (Å²) in [7, 11) is 0. The Morgan fingerprint density at radius 3 is 2.00 bits per heavy atom. The van der Waals surface area contributed by atoms with E-state index in [0.717, 1.165) is 35.5 Å². The predicted molar refractivity (Wildman–Crippen MR) is 136 cm³/mol.